The number of aliphatic hydroxyl groups excluding tert-OH is 1. The number of carbonyl (C=O) groups is 2. The van der Waals surface area contributed by atoms with Crippen molar-refractivity contribution < 1.29 is 28.9 Å². The quantitative estimate of drug-likeness (QED) is 0.190. The van der Waals surface area contributed by atoms with E-state index in [1.54, 1.807) is 42.7 Å². The molecule has 3 heterocycles. The summed E-state index contributed by atoms with van der Waals surface area (Å²) < 4.78 is 17.8. The number of aromatic nitrogens is 1. The van der Waals surface area contributed by atoms with E-state index >= 15 is 0 Å². The molecule has 2 aliphatic rings. The molecule has 1 aromatic heterocycles. The van der Waals surface area contributed by atoms with E-state index in [-0.39, 0.29) is 24.0 Å². The molecule has 1 N–H and O–H groups in total. The van der Waals surface area contributed by atoms with Gasteiger partial charge in [0.1, 0.15) is 17.6 Å². The van der Waals surface area contributed by atoms with Crippen molar-refractivity contribution in [2.24, 2.45) is 5.92 Å². The van der Waals surface area contributed by atoms with Crippen molar-refractivity contribution in [3.63, 3.8) is 0 Å². The molecule has 3 aromatic rings. The average Bonchev–Trinajstić information content (AvgIpc) is 3.45. The number of nitrogens with zero attached hydrogens (tertiary/aromatic N) is 2. The normalized spacial score (nSPS) is 19.4. The predicted molar refractivity (Wildman–Crippen MR) is 155 cm³/mol. The van der Waals surface area contributed by atoms with Gasteiger partial charge >= 0.3 is 0 Å². The Kier molecular flexibility index (Phi) is 8.28. The van der Waals surface area contributed by atoms with E-state index in [1.165, 1.54) is 4.90 Å². The number of hydrogen-bond donors (Lipinski definition) is 1. The van der Waals surface area contributed by atoms with Crippen LogP contribution in [-0.2, 0) is 22.6 Å². The number of benzene rings is 2. The minimum absolute atomic E-state index is 0.0294. The second-order valence-electron chi connectivity index (χ2n) is 10.9. The van der Waals surface area contributed by atoms with E-state index < -0.39 is 17.7 Å². The number of likely N-dealkylation sites (tertiary alicyclic amines) is 1. The third-order valence-electron chi connectivity index (χ3n) is 7.32. The van der Waals surface area contributed by atoms with Crippen LogP contribution in [0.25, 0.3) is 5.76 Å². The fourth-order valence-corrected chi connectivity index (χ4v) is 5.29. The summed E-state index contributed by atoms with van der Waals surface area (Å²) in [6.07, 6.45) is 4.94. The van der Waals surface area contributed by atoms with Crippen LogP contribution >= 0.6 is 0 Å². The topological polar surface area (TPSA) is 98.2 Å². The first-order chi connectivity index (χ1) is 19.8. The number of rotatable bonds is 10. The van der Waals surface area contributed by atoms with Gasteiger partial charge in [0, 0.05) is 30.9 Å². The van der Waals surface area contributed by atoms with Crippen LogP contribution in [0.3, 0.4) is 0 Å². The lowest BCUT2D eigenvalue weighted by atomic mass is 9.94. The van der Waals surface area contributed by atoms with Gasteiger partial charge in [-0.05, 0) is 79.3 Å². The summed E-state index contributed by atoms with van der Waals surface area (Å²) >= 11 is 0. The van der Waals surface area contributed by atoms with Crippen LogP contribution in [0.15, 0.2) is 66.5 Å². The van der Waals surface area contributed by atoms with Gasteiger partial charge in [0.2, 0.25) is 0 Å². The number of Topliss-reactive ketones (excluding diaryl/α,β-unsaturated/α-hetero) is 1. The monoisotopic (exact) mass is 556 g/mol. The molecule has 5 rings (SSSR count). The van der Waals surface area contributed by atoms with Crippen molar-refractivity contribution in [3.8, 4) is 17.2 Å². The molecule has 0 aliphatic carbocycles. The van der Waals surface area contributed by atoms with Crippen molar-refractivity contribution >= 4 is 17.4 Å². The summed E-state index contributed by atoms with van der Waals surface area (Å²) in [4.78, 5) is 32.7. The molecule has 41 heavy (non-hydrogen) atoms. The molecule has 0 spiro atoms. The summed E-state index contributed by atoms with van der Waals surface area (Å²) in [5.74, 6) is 0.714. The zero-order valence-electron chi connectivity index (χ0n) is 23.9. The Morgan fingerprint density at radius 1 is 1.12 bits per heavy atom. The highest BCUT2D eigenvalue weighted by Crippen LogP contribution is 2.43. The Morgan fingerprint density at radius 3 is 2.68 bits per heavy atom. The molecule has 0 bridgehead atoms. The molecule has 8 heteroatoms. The smallest absolute Gasteiger partial charge is 0.295 e. The molecule has 1 saturated heterocycles. The van der Waals surface area contributed by atoms with Gasteiger partial charge in [0.15, 0.2) is 11.5 Å². The van der Waals surface area contributed by atoms with Crippen LogP contribution < -0.4 is 14.2 Å². The van der Waals surface area contributed by atoms with Crippen LogP contribution in [0.2, 0.25) is 0 Å². The first-order valence-electron chi connectivity index (χ1n) is 14.1. The Hall–Kier alpha value is -4.33. The van der Waals surface area contributed by atoms with Crippen LogP contribution in [0, 0.1) is 5.92 Å². The average molecular weight is 557 g/mol. The van der Waals surface area contributed by atoms with Gasteiger partial charge < -0.3 is 24.2 Å². The van der Waals surface area contributed by atoms with Crippen LogP contribution in [-0.4, -0.2) is 46.0 Å². The molecule has 214 valence electrons. The molecule has 1 amide bonds. The number of hydrogen-bond acceptors (Lipinski definition) is 7. The fourth-order valence-electron chi connectivity index (χ4n) is 5.29. The van der Waals surface area contributed by atoms with Gasteiger partial charge in [-0.2, -0.15) is 0 Å². The summed E-state index contributed by atoms with van der Waals surface area (Å²) in [6, 6.07) is 13.6. The van der Waals surface area contributed by atoms with Crippen LogP contribution in [0.4, 0.5) is 0 Å². The summed E-state index contributed by atoms with van der Waals surface area (Å²) in [6.45, 7) is 9.23. The van der Waals surface area contributed by atoms with E-state index in [2.05, 4.69) is 18.8 Å². The van der Waals surface area contributed by atoms with Crippen molar-refractivity contribution in [1.29, 1.82) is 0 Å². The second-order valence-corrected chi connectivity index (χ2v) is 10.9. The third-order valence-corrected chi connectivity index (χ3v) is 7.32. The number of ketones is 1. The van der Waals surface area contributed by atoms with Gasteiger partial charge in [-0.25, -0.2) is 0 Å². The first kappa shape index (κ1) is 28.2. The Bertz CT molecular complexity index is 1470. The van der Waals surface area contributed by atoms with Gasteiger partial charge in [-0.15, -0.1) is 0 Å². The SMILES string of the molecule is CCOc1cc([C@@H]2C(=C(O)c3ccc4c(c3)C[C@H](C)O4)C(=O)C(=O)N2Cc2cccnc2)ccc1OCCC(C)C. The van der Waals surface area contributed by atoms with E-state index in [0.717, 1.165) is 23.3 Å². The molecular weight excluding hydrogens is 520 g/mol. The van der Waals surface area contributed by atoms with Gasteiger partial charge in [0.25, 0.3) is 11.7 Å². The molecule has 1 fully saturated rings. The number of aliphatic hydroxyl groups is 1. The zero-order chi connectivity index (χ0) is 29.1. The van der Waals surface area contributed by atoms with Gasteiger partial charge in [0.05, 0.1) is 24.8 Å². The second kappa shape index (κ2) is 12.0. The van der Waals surface area contributed by atoms with Gasteiger partial charge in [-0.3, -0.25) is 14.6 Å². The maximum atomic E-state index is 13.6. The van der Waals surface area contributed by atoms with Crippen LogP contribution in [0.1, 0.15) is 62.4 Å². The summed E-state index contributed by atoms with van der Waals surface area (Å²) in [7, 11) is 0. The Labute approximate surface area is 240 Å². The Morgan fingerprint density at radius 2 is 1.95 bits per heavy atom. The zero-order valence-corrected chi connectivity index (χ0v) is 23.9. The summed E-state index contributed by atoms with van der Waals surface area (Å²) in [5.41, 5.74) is 2.84. The van der Waals surface area contributed by atoms with E-state index in [9.17, 15) is 14.7 Å². The third kappa shape index (κ3) is 5.92. The highest BCUT2D eigenvalue weighted by molar-refractivity contribution is 6.46. The number of fused-ring (bicyclic) bond motifs is 1. The minimum Gasteiger partial charge on any atom is -0.507 e. The van der Waals surface area contributed by atoms with Crippen molar-refractivity contribution in [3.05, 3.63) is 88.8 Å². The number of pyridine rings is 1. The van der Waals surface area contributed by atoms with E-state index in [4.69, 9.17) is 14.2 Å². The maximum Gasteiger partial charge on any atom is 0.295 e. The van der Waals surface area contributed by atoms with Crippen molar-refractivity contribution in [2.45, 2.75) is 59.2 Å². The van der Waals surface area contributed by atoms with E-state index in [0.29, 0.717) is 48.2 Å². The minimum atomic E-state index is -0.845. The summed E-state index contributed by atoms with van der Waals surface area (Å²) in [5, 5.41) is 11.6. The molecule has 0 saturated carbocycles. The number of ether oxygens (including phenoxy) is 3. The van der Waals surface area contributed by atoms with Crippen molar-refractivity contribution in [2.75, 3.05) is 13.2 Å². The highest BCUT2D eigenvalue weighted by atomic mass is 16.5. The van der Waals surface area contributed by atoms with Gasteiger partial charge in [-0.1, -0.05) is 26.0 Å². The molecule has 2 atom stereocenters. The number of carbonyl (C=O) groups excluding carboxylic acids is 2. The number of amides is 1. The molecule has 0 radical (unpaired) electrons. The molecular formula is C33H36N2O6. The standard InChI is InChI=1S/C33H36N2O6/c1-5-39-28-17-23(8-11-27(28)40-14-12-20(2)3)30-29(31(36)24-9-10-26-25(16-24)15-21(4)41-26)32(37)33(38)35(30)19-22-7-6-13-34-18-22/h6-11,13,16-18,20-21,30,36H,5,12,14-15,19H2,1-4H3/t21-,30+/m0/s1. The molecule has 8 nitrogen and oxygen atoms in total. The largest absolute Gasteiger partial charge is 0.507 e. The predicted octanol–water partition coefficient (Wildman–Crippen LogP) is 5.85. The van der Waals surface area contributed by atoms with Crippen LogP contribution in [0.5, 0.6) is 17.2 Å². The Balaban J connectivity index is 1.60. The van der Waals surface area contributed by atoms with E-state index in [1.807, 2.05) is 32.0 Å². The molecule has 2 aromatic carbocycles. The fraction of sp³-hybridized carbons (Fsp3) is 0.364. The molecule has 0 unspecified atom stereocenters. The highest BCUT2D eigenvalue weighted by Gasteiger charge is 2.46. The lowest BCUT2D eigenvalue weighted by Crippen LogP contribution is -2.29. The molecule has 2 aliphatic heterocycles. The lowest BCUT2D eigenvalue weighted by molar-refractivity contribution is -0.140. The van der Waals surface area contributed by atoms with Crippen molar-refractivity contribution in [1.82, 2.24) is 9.88 Å². The lowest BCUT2D eigenvalue weighted by Gasteiger charge is -2.26. The first-order valence-corrected chi connectivity index (χ1v) is 14.1. The maximum absolute atomic E-state index is 13.6.